The molecule has 126 valence electrons. The summed E-state index contributed by atoms with van der Waals surface area (Å²) in [6.45, 7) is 3.23. The van der Waals surface area contributed by atoms with Crippen molar-refractivity contribution in [2.75, 3.05) is 16.8 Å². The van der Waals surface area contributed by atoms with Crippen LogP contribution in [0, 0.1) is 5.92 Å². The summed E-state index contributed by atoms with van der Waals surface area (Å²) in [7, 11) is -2.98. The third-order valence-electron chi connectivity index (χ3n) is 4.23. The highest BCUT2D eigenvalue weighted by atomic mass is 32.2. The topological polar surface area (TPSA) is 101 Å². The fourth-order valence-corrected chi connectivity index (χ4v) is 4.46. The molecule has 1 amide bonds. The minimum Gasteiger partial charge on any atom is -0.481 e. The quantitative estimate of drug-likeness (QED) is 0.852. The van der Waals surface area contributed by atoms with Crippen LogP contribution >= 0.6 is 0 Å². The van der Waals surface area contributed by atoms with Crippen LogP contribution < -0.4 is 5.32 Å². The summed E-state index contributed by atoms with van der Waals surface area (Å²) >= 11 is 0. The fraction of sp³-hybridized carbons (Fsp3) is 0.500. The molecule has 2 rings (SSSR count). The average Bonchev–Trinajstić information content (AvgIpc) is 2.78. The van der Waals surface area contributed by atoms with Gasteiger partial charge in [-0.2, -0.15) is 0 Å². The van der Waals surface area contributed by atoms with Crippen molar-refractivity contribution in [3.63, 3.8) is 0 Å². The second-order valence-electron chi connectivity index (χ2n) is 6.53. The monoisotopic (exact) mass is 339 g/mol. The highest BCUT2D eigenvalue weighted by Gasteiger charge is 2.30. The van der Waals surface area contributed by atoms with E-state index >= 15 is 0 Å². The molecule has 1 aliphatic rings. The van der Waals surface area contributed by atoms with E-state index in [1.807, 2.05) is 0 Å². The maximum atomic E-state index is 12.0. The first kappa shape index (κ1) is 17.5. The molecular formula is C16H21NO5S. The zero-order chi connectivity index (χ0) is 17.3. The zero-order valence-corrected chi connectivity index (χ0v) is 14.0. The summed E-state index contributed by atoms with van der Waals surface area (Å²) in [4.78, 5) is 23.2. The van der Waals surface area contributed by atoms with Crippen molar-refractivity contribution < 1.29 is 23.1 Å². The molecule has 2 N–H and O–H groups in total. The Balaban J connectivity index is 1.96. The number of rotatable bonds is 5. The van der Waals surface area contributed by atoms with Crippen LogP contribution in [0.1, 0.15) is 32.3 Å². The molecule has 1 atom stereocenters. The molecule has 0 saturated carbocycles. The number of benzene rings is 1. The number of hydrogen-bond acceptors (Lipinski definition) is 4. The molecule has 1 heterocycles. The van der Waals surface area contributed by atoms with Crippen molar-refractivity contribution in [1.82, 2.24) is 0 Å². The summed E-state index contributed by atoms with van der Waals surface area (Å²) in [6, 6.07) is 6.65. The second-order valence-corrected chi connectivity index (χ2v) is 8.76. The number of carbonyl (C=O) groups is 2. The van der Waals surface area contributed by atoms with Crippen molar-refractivity contribution in [1.29, 1.82) is 0 Å². The van der Waals surface area contributed by atoms with Crippen LogP contribution in [0.5, 0.6) is 0 Å². The second kappa shape index (κ2) is 6.31. The maximum Gasteiger partial charge on any atom is 0.313 e. The lowest BCUT2D eigenvalue weighted by atomic mass is 9.85. The van der Waals surface area contributed by atoms with Gasteiger partial charge in [0.15, 0.2) is 9.84 Å². The van der Waals surface area contributed by atoms with E-state index in [-0.39, 0.29) is 29.8 Å². The number of carbonyl (C=O) groups excluding carboxylic acids is 1. The van der Waals surface area contributed by atoms with Crippen LogP contribution in [-0.2, 0) is 24.8 Å². The Kier molecular flexibility index (Phi) is 4.79. The molecule has 1 aromatic rings. The summed E-state index contributed by atoms with van der Waals surface area (Å²) < 4.78 is 22.8. The molecular weight excluding hydrogens is 318 g/mol. The van der Waals surface area contributed by atoms with Gasteiger partial charge in [0.1, 0.15) is 0 Å². The molecule has 1 fully saturated rings. The number of hydrogen-bond donors (Lipinski definition) is 2. The van der Waals surface area contributed by atoms with Gasteiger partial charge in [-0.15, -0.1) is 0 Å². The van der Waals surface area contributed by atoms with E-state index < -0.39 is 21.2 Å². The minimum absolute atomic E-state index is 0.0756. The Labute approximate surface area is 135 Å². The van der Waals surface area contributed by atoms with Crippen LogP contribution in [0.15, 0.2) is 24.3 Å². The molecule has 23 heavy (non-hydrogen) atoms. The van der Waals surface area contributed by atoms with E-state index in [0.29, 0.717) is 17.7 Å². The summed E-state index contributed by atoms with van der Waals surface area (Å²) in [5.41, 5.74) is 0.214. The average molecular weight is 339 g/mol. The number of anilines is 1. The van der Waals surface area contributed by atoms with Crippen LogP contribution in [0.4, 0.5) is 5.69 Å². The molecule has 0 spiro atoms. The van der Waals surface area contributed by atoms with E-state index in [0.717, 1.165) is 0 Å². The van der Waals surface area contributed by atoms with Gasteiger partial charge in [-0.1, -0.05) is 12.1 Å². The Bertz CT molecular complexity index is 706. The molecule has 0 radical (unpaired) electrons. The Hall–Kier alpha value is -1.89. The lowest BCUT2D eigenvalue weighted by molar-refractivity contribution is -0.142. The molecule has 0 aliphatic carbocycles. The normalized spacial score (nSPS) is 20.2. The number of sulfone groups is 1. The van der Waals surface area contributed by atoms with Crippen molar-refractivity contribution in [2.45, 2.75) is 32.1 Å². The Morgan fingerprint density at radius 3 is 2.35 bits per heavy atom. The summed E-state index contributed by atoms with van der Waals surface area (Å²) in [5, 5.41) is 11.9. The van der Waals surface area contributed by atoms with E-state index in [9.17, 15) is 23.1 Å². The minimum atomic E-state index is -2.98. The van der Waals surface area contributed by atoms with Gasteiger partial charge < -0.3 is 10.4 Å². The lowest BCUT2D eigenvalue weighted by Crippen LogP contribution is -2.28. The molecule has 1 aromatic carbocycles. The SMILES string of the molecule is CC(C)(C(=O)O)c1ccc(NC(=O)CC2CCS(=O)(=O)C2)cc1. The molecule has 1 saturated heterocycles. The first-order valence-electron chi connectivity index (χ1n) is 7.44. The Morgan fingerprint density at radius 2 is 1.87 bits per heavy atom. The van der Waals surface area contributed by atoms with Gasteiger partial charge in [-0.25, -0.2) is 8.42 Å². The molecule has 1 aliphatic heterocycles. The van der Waals surface area contributed by atoms with E-state index in [2.05, 4.69) is 5.32 Å². The highest BCUT2D eigenvalue weighted by Crippen LogP contribution is 2.25. The van der Waals surface area contributed by atoms with Crippen molar-refractivity contribution >= 4 is 27.4 Å². The highest BCUT2D eigenvalue weighted by molar-refractivity contribution is 7.91. The van der Waals surface area contributed by atoms with Gasteiger partial charge in [0.05, 0.1) is 16.9 Å². The third kappa shape index (κ3) is 4.31. The summed E-state index contributed by atoms with van der Waals surface area (Å²) in [5.74, 6) is -1.03. The first-order chi connectivity index (χ1) is 10.6. The van der Waals surface area contributed by atoms with Crippen LogP contribution in [-0.4, -0.2) is 36.9 Å². The fourth-order valence-electron chi connectivity index (χ4n) is 2.60. The van der Waals surface area contributed by atoms with E-state index in [1.165, 1.54) is 0 Å². The van der Waals surface area contributed by atoms with Crippen molar-refractivity contribution in [2.24, 2.45) is 5.92 Å². The molecule has 7 heteroatoms. The van der Waals surface area contributed by atoms with Gasteiger partial charge in [-0.05, 0) is 43.9 Å². The van der Waals surface area contributed by atoms with Crippen LogP contribution in [0.3, 0.4) is 0 Å². The lowest BCUT2D eigenvalue weighted by Gasteiger charge is -2.20. The Morgan fingerprint density at radius 1 is 1.26 bits per heavy atom. The number of aliphatic carboxylic acids is 1. The van der Waals surface area contributed by atoms with Crippen LogP contribution in [0.2, 0.25) is 0 Å². The smallest absolute Gasteiger partial charge is 0.313 e. The molecule has 0 bridgehead atoms. The number of nitrogens with one attached hydrogen (secondary N) is 1. The van der Waals surface area contributed by atoms with Crippen LogP contribution in [0.25, 0.3) is 0 Å². The molecule has 1 unspecified atom stereocenters. The van der Waals surface area contributed by atoms with E-state index in [1.54, 1.807) is 38.1 Å². The number of carboxylic acids is 1. The van der Waals surface area contributed by atoms with Gasteiger partial charge in [0.25, 0.3) is 0 Å². The predicted molar refractivity (Wildman–Crippen MR) is 87.1 cm³/mol. The third-order valence-corrected chi connectivity index (χ3v) is 6.06. The van der Waals surface area contributed by atoms with Crippen molar-refractivity contribution in [3.05, 3.63) is 29.8 Å². The molecule has 0 aromatic heterocycles. The molecule has 6 nitrogen and oxygen atoms in total. The van der Waals surface area contributed by atoms with Gasteiger partial charge in [0.2, 0.25) is 5.91 Å². The summed E-state index contributed by atoms with van der Waals surface area (Å²) in [6.07, 6.45) is 0.711. The predicted octanol–water partition coefficient (Wildman–Crippen LogP) is 1.81. The van der Waals surface area contributed by atoms with Gasteiger partial charge in [0, 0.05) is 12.1 Å². The van der Waals surface area contributed by atoms with Gasteiger partial charge in [-0.3, -0.25) is 9.59 Å². The van der Waals surface area contributed by atoms with Gasteiger partial charge >= 0.3 is 5.97 Å². The largest absolute Gasteiger partial charge is 0.481 e. The van der Waals surface area contributed by atoms with E-state index in [4.69, 9.17) is 0 Å². The maximum absolute atomic E-state index is 12.0. The zero-order valence-electron chi connectivity index (χ0n) is 13.2. The standard InChI is InChI=1S/C16H21NO5S/c1-16(2,15(19)20)12-3-5-13(6-4-12)17-14(18)9-11-7-8-23(21,22)10-11/h3-6,11H,7-10H2,1-2H3,(H,17,18)(H,19,20). The number of amides is 1. The van der Waals surface area contributed by atoms with Crippen molar-refractivity contribution in [3.8, 4) is 0 Å². The number of carboxylic acid groups (broad SMARTS) is 1. The first-order valence-corrected chi connectivity index (χ1v) is 9.26.